The van der Waals surface area contributed by atoms with E-state index in [1.165, 1.54) is 18.3 Å². The number of hydrazone groups is 1. The summed E-state index contributed by atoms with van der Waals surface area (Å²) in [4.78, 5) is 0. The molecule has 2 rings (SSSR count). The van der Waals surface area contributed by atoms with Crippen LogP contribution in [0, 0.1) is 5.41 Å². The predicted molar refractivity (Wildman–Crippen MR) is 89.6 cm³/mol. The SMILES string of the molecule is N=CN(N)/N=C/c1cccc(OCc2cccc(C(F)(F)F)c2)c1Cl. The van der Waals surface area contributed by atoms with Gasteiger partial charge in [-0.1, -0.05) is 35.9 Å². The van der Waals surface area contributed by atoms with Crippen molar-refractivity contribution < 1.29 is 17.9 Å². The second-order valence-corrected chi connectivity index (χ2v) is 5.28. The Morgan fingerprint density at radius 2 is 1.96 bits per heavy atom. The molecule has 0 aliphatic carbocycles. The summed E-state index contributed by atoms with van der Waals surface area (Å²) in [7, 11) is 0. The van der Waals surface area contributed by atoms with Gasteiger partial charge in [-0.2, -0.15) is 23.4 Å². The van der Waals surface area contributed by atoms with Crippen molar-refractivity contribution in [3.8, 4) is 5.75 Å². The molecular weight excluding hydrogens is 357 g/mol. The summed E-state index contributed by atoms with van der Waals surface area (Å²) in [5.41, 5.74) is 0.109. The second kappa shape index (κ2) is 8.00. The first-order chi connectivity index (χ1) is 11.8. The molecule has 3 N–H and O–H groups in total. The molecule has 0 spiro atoms. The van der Waals surface area contributed by atoms with E-state index in [4.69, 9.17) is 27.6 Å². The van der Waals surface area contributed by atoms with Gasteiger partial charge in [-0.3, -0.25) is 5.41 Å². The first-order valence-corrected chi connectivity index (χ1v) is 7.35. The number of ether oxygens (including phenoxy) is 1. The van der Waals surface area contributed by atoms with Crippen LogP contribution in [0.1, 0.15) is 16.7 Å². The van der Waals surface area contributed by atoms with Gasteiger partial charge < -0.3 is 4.74 Å². The number of hydrogen-bond acceptors (Lipinski definition) is 4. The third-order valence-electron chi connectivity index (χ3n) is 3.10. The Kier molecular flexibility index (Phi) is 6.00. The van der Waals surface area contributed by atoms with Gasteiger partial charge in [0.15, 0.2) is 0 Å². The maximum Gasteiger partial charge on any atom is 0.416 e. The molecule has 0 saturated heterocycles. The fourth-order valence-corrected chi connectivity index (χ4v) is 2.13. The van der Waals surface area contributed by atoms with Gasteiger partial charge in [0.2, 0.25) is 0 Å². The second-order valence-electron chi connectivity index (χ2n) is 4.90. The lowest BCUT2D eigenvalue weighted by Crippen LogP contribution is -2.22. The molecule has 0 unspecified atom stereocenters. The molecule has 0 bridgehead atoms. The lowest BCUT2D eigenvalue weighted by molar-refractivity contribution is -0.137. The van der Waals surface area contributed by atoms with Crippen LogP contribution < -0.4 is 10.6 Å². The molecule has 2 aromatic rings. The number of benzene rings is 2. The van der Waals surface area contributed by atoms with E-state index in [2.05, 4.69) is 5.10 Å². The fourth-order valence-electron chi connectivity index (χ4n) is 1.90. The summed E-state index contributed by atoms with van der Waals surface area (Å²) in [6.07, 6.45) is -2.27. The first-order valence-electron chi connectivity index (χ1n) is 6.97. The van der Waals surface area contributed by atoms with Gasteiger partial charge >= 0.3 is 6.18 Å². The molecule has 0 aliphatic rings. The Labute approximate surface area is 146 Å². The highest BCUT2D eigenvalue weighted by atomic mass is 35.5. The standard InChI is InChI=1S/C16H14ClF3N4O/c17-15-12(8-23-24(22)10-21)4-2-6-14(15)25-9-11-3-1-5-13(7-11)16(18,19)20/h1-8,10,21H,9,22H2/b21-10?,23-8+. The van der Waals surface area contributed by atoms with E-state index in [0.717, 1.165) is 23.6 Å². The topological polar surface area (TPSA) is 74.7 Å². The van der Waals surface area contributed by atoms with Gasteiger partial charge in [-0.15, -0.1) is 0 Å². The molecule has 9 heteroatoms. The van der Waals surface area contributed by atoms with Crippen molar-refractivity contribution in [2.24, 2.45) is 10.9 Å². The summed E-state index contributed by atoms with van der Waals surface area (Å²) < 4.78 is 43.7. The van der Waals surface area contributed by atoms with Crippen LogP contribution >= 0.6 is 11.6 Å². The molecule has 0 heterocycles. The van der Waals surface area contributed by atoms with Crippen molar-refractivity contribution in [1.29, 1.82) is 5.41 Å². The summed E-state index contributed by atoms with van der Waals surface area (Å²) in [5.74, 6) is 5.61. The van der Waals surface area contributed by atoms with Crippen LogP contribution in [0.3, 0.4) is 0 Å². The molecule has 0 radical (unpaired) electrons. The van der Waals surface area contributed by atoms with Crippen LogP contribution in [-0.4, -0.2) is 17.7 Å². The third-order valence-corrected chi connectivity index (χ3v) is 3.51. The van der Waals surface area contributed by atoms with E-state index in [0.29, 0.717) is 16.9 Å². The fraction of sp³-hybridized carbons (Fsp3) is 0.125. The summed E-state index contributed by atoms with van der Waals surface area (Å²) in [5, 5.41) is 11.7. The minimum absolute atomic E-state index is 0.0756. The van der Waals surface area contributed by atoms with Gasteiger partial charge in [0.1, 0.15) is 18.7 Å². The van der Waals surface area contributed by atoms with Crippen LogP contribution in [0.25, 0.3) is 0 Å². The molecule has 0 atom stereocenters. The van der Waals surface area contributed by atoms with Crippen LogP contribution in [0.15, 0.2) is 47.6 Å². The van der Waals surface area contributed by atoms with Crippen LogP contribution in [0.5, 0.6) is 5.75 Å². The summed E-state index contributed by atoms with van der Waals surface area (Å²) in [6, 6.07) is 9.76. The van der Waals surface area contributed by atoms with Crippen molar-refractivity contribution in [3.05, 3.63) is 64.2 Å². The highest BCUT2D eigenvalue weighted by Gasteiger charge is 2.30. The number of hydrazine groups is 1. The van der Waals surface area contributed by atoms with Gasteiger partial charge in [-0.05, 0) is 23.8 Å². The van der Waals surface area contributed by atoms with Gasteiger partial charge in [-0.25, -0.2) is 5.84 Å². The van der Waals surface area contributed by atoms with Crippen LogP contribution in [-0.2, 0) is 12.8 Å². The number of nitrogens with zero attached hydrogens (tertiary/aromatic N) is 2. The van der Waals surface area contributed by atoms with E-state index in [9.17, 15) is 13.2 Å². The highest BCUT2D eigenvalue weighted by Crippen LogP contribution is 2.31. The molecule has 25 heavy (non-hydrogen) atoms. The van der Waals surface area contributed by atoms with E-state index in [1.54, 1.807) is 18.2 Å². The summed E-state index contributed by atoms with van der Waals surface area (Å²) >= 11 is 6.19. The average Bonchev–Trinajstić information content (AvgIpc) is 2.59. The summed E-state index contributed by atoms with van der Waals surface area (Å²) in [6.45, 7) is -0.0756. The molecule has 0 aromatic heterocycles. The van der Waals surface area contributed by atoms with E-state index >= 15 is 0 Å². The van der Waals surface area contributed by atoms with E-state index in [-0.39, 0.29) is 11.6 Å². The molecule has 5 nitrogen and oxygen atoms in total. The molecule has 0 fully saturated rings. The van der Waals surface area contributed by atoms with E-state index in [1.807, 2.05) is 0 Å². The van der Waals surface area contributed by atoms with Gasteiger partial charge in [0.05, 0.1) is 16.8 Å². The monoisotopic (exact) mass is 370 g/mol. The molecule has 0 saturated carbocycles. The largest absolute Gasteiger partial charge is 0.487 e. The van der Waals surface area contributed by atoms with Crippen molar-refractivity contribution in [2.75, 3.05) is 0 Å². The lowest BCUT2D eigenvalue weighted by Gasteiger charge is -2.12. The first kappa shape index (κ1) is 18.8. The zero-order valence-electron chi connectivity index (χ0n) is 12.8. The minimum Gasteiger partial charge on any atom is -0.487 e. The molecule has 2 aromatic carbocycles. The Morgan fingerprint density at radius 3 is 2.64 bits per heavy atom. The van der Waals surface area contributed by atoms with Crippen LogP contribution in [0.4, 0.5) is 13.2 Å². The van der Waals surface area contributed by atoms with E-state index < -0.39 is 11.7 Å². The lowest BCUT2D eigenvalue weighted by atomic mass is 10.1. The maximum absolute atomic E-state index is 12.7. The Hall–Kier alpha value is -2.58. The predicted octanol–water partition coefficient (Wildman–Crippen LogP) is 4.05. The highest BCUT2D eigenvalue weighted by molar-refractivity contribution is 6.34. The van der Waals surface area contributed by atoms with Crippen LogP contribution in [0.2, 0.25) is 5.02 Å². The van der Waals surface area contributed by atoms with Crippen molar-refractivity contribution in [2.45, 2.75) is 12.8 Å². The number of hydrogen-bond donors (Lipinski definition) is 2. The average molecular weight is 371 g/mol. The number of alkyl halides is 3. The molecule has 0 amide bonds. The number of nitrogens with two attached hydrogens (primary N) is 1. The Morgan fingerprint density at radius 1 is 1.24 bits per heavy atom. The third kappa shape index (κ3) is 5.20. The normalized spacial score (nSPS) is 11.6. The molecule has 132 valence electrons. The molecule has 0 aliphatic heterocycles. The number of halogens is 4. The number of nitrogens with one attached hydrogen (secondary N) is 1. The Bertz CT molecular complexity index is 780. The van der Waals surface area contributed by atoms with Gasteiger partial charge in [0, 0.05) is 5.56 Å². The van der Waals surface area contributed by atoms with Crippen molar-refractivity contribution >= 4 is 24.2 Å². The minimum atomic E-state index is -4.41. The number of rotatable bonds is 6. The maximum atomic E-state index is 12.7. The van der Waals surface area contributed by atoms with Crippen molar-refractivity contribution in [1.82, 2.24) is 5.12 Å². The van der Waals surface area contributed by atoms with Gasteiger partial charge in [0.25, 0.3) is 0 Å². The quantitative estimate of drug-likeness (QED) is 0.348. The zero-order valence-corrected chi connectivity index (χ0v) is 13.6. The zero-order chi connectivity index (χ0) is 18.4. The smallest absolute Gasteiger partial charge is 0.416 e. The Balaban J connectivity index is 2.14. The molecular formula is C16H14ClF3N4O. The van der Waals surface area contributed by atoms with Crippen molar-refractivity contribution in [3.63, 3.8) is 0 Å².